The fourth-order valence-electron chi connectivity index (χ4n) is 2.19. The van der Waals surface area contributed by atoms with Crippen molar-refractivity contribution in [1.82, 2.24) is 0 Å². The number of benzene rings is 1. The van der Waals surface area contributed by atoms with Crippen molar-refractivity contribution >= 4 is 27.5 Å². The Morgan fingerprint density at radius 2 is 2.00 bits per heavy atom. The fourth-order valence-corrected chi connectivity index (χ4v) is 2.97. The highest BCUT2D eigenvalue weighted by atomic mass is 79.9. The molecule has 1 aliphatic heterocycles. The molecule has 3 heteroatoms. The number of hydrogen-bond donors (Lipinski definition) is 1. The molecule has 0 saturated carbocycles. The number of nitrogens with zero attached hydrogens (tertiary/aromatic N) is 1. The summed E-state index contributed by atoms with van der Waals surface area (Å²) in [5.74, 6) is 1.13. The highest BCUT2D eigenvalue weighted by Gasteiger charge is 2.09. The average molecular weight is 295 g/mol. The van der Waals surface area contributed by atoms with Gasteiger partial charge in [0.2, 0.25) is 0 Å². The summed E-state index contributed by atoms with van der Waals surface area (Å²) in [6, 6.07) is 4.34. The molecule has 0 amide bonds. The monoisotopic (exact) mass is 294 g/mol. The number of amidine groups is 1. The van der Waals surface area contributed by atoms with Gasteiger partial charge < -0.3 is 5.32 Å². The quantitative estimate of drug-likeness (QED) is 0.813. The summed E-state index contributed by atoms with van der Waals surface area (Å²) >= 11 is 3.63. The Hall–Kier alpha value is -0.830. The van der Waals surface area contributed by atoms with E-state index in [0.29, 0.717) is 0 Å². The lowest BCUT2D eigenvalue weighted by Gasteiger charge is -2.14. The van der Waals surface area contributed by atoms with Crippen LogP contribution in [0.5, 0.6) is 0 Å². The van der Waals surface area contributed by atoms with Crippen LogP contribution in [0, 0.1) is 13.8 Å². The van der Waals surface area contributed by atoms with E-state index >= 15 is 0 Å². The van der Waals surface area contributed by atoms with Crippen molar-refractivity contribution in [3.8, 4) is 0 Å². The molecule has 92 valence electrons. The van der Waals surface area contributed by atoms with Gasteiger partial charge in [0.05, 0.1) is 5.69 Å². The molecule has 0 bridgehead atoms. The van der Waals surface area contributed by atoms with E-state index in [-0.39, 0.29) is 0 Å². The molecule has 17 heavy (non-hydrogen) atoms. The normalized spacial score (nSPS) is 16.3. The summed E-state index contributed by atoms with van der Waals surface area (Å²) in [5.41, 5.74) is 3.71. The van der Waals surface area contributed by atoms with Gasteiger partial charge in [-0.25, -0.2) is 0 Å². The third-order valence-corrected chi connectivity index (χ3v) is 3.70. The number of hydrogen-bond acceptors (Lipinski definition) is 2. The Bertz CT molecular complexity index is 415. The number of rotatable bonds is 1. The summed E-state index contributed by atoms with van der Waals surface area (Å²) < 4.78 is 1.13. The van der Waals surface area contributed by atoms with E-state index in [0.717, 1.165) is 29.0 Å². The molecule has 0 spiro atoms. The van der Waals surface area contributed by atoms with Gasteiger partial charge in [-0.15, -0.1) is 0 Å². The molecule has 0 radical (unpaired) electrons. The van der Waals surface area contributed by atoms with Gasteiger partial charge in [0.25, 0.3) is 0 Å². The van der Waals surface area contributed by atoms with Crippen molar-refractivity contribution in [2.24, 2.45) is 4.99 Å². The Kier molecular flexibility index (Phi) is 4.21. The van der Waals surface area contributed by atoms with Crippen molar-refractivity contribution in [2.75, 3.05) is 11.9 Å². The third-order valence-electron chi connectivity index (χ3n) is 3.08. The van der Waals surface area contributed by atoms with E-state index in [4.69, 9.17) is 0 Å². The topological polar surface area (TPSA) is 24.4 Å². The largest absolute Gasteiger partial charge is 0.343 e. The number of anilines is 1. The predicted molar refractivity (Wildman–Crippen MR) is 78.0 cm³/mol. The first kappa shape index (κ1) is 12.6. The van der Waals surface area contributed by atoms with Crippen LogP contribution in [0.25, 0.3) is 0 Å². The SMILES string of the molecule is Cc1cc(C)c(NC2=NCCCCC2)c(Br)c1. The van der Waals surface area contributed by atoms with Crippen molar-refractivity contribution in [2.45, 2.75) is 39.5 Å². The second kappa shape index (κ2) is 5.67. The van der Waals surface area contributed by atoms with Gasteiger partial charge in [-0.05, 0) is 59.8 Å². The van der Waals surface area contributed by atoms with Crippen molar-refractivity contribution in [3.05, 3.63) is 27.7 Å². The van der Waals surface area contributed by atoms with Crippen LogP contribution >= 0.6 is 15.9 Å². The fraction of sp³-hybridized carbons (Fsp3) is 0.500. The van der Waals surface area contributed by atoms with Crippen LogP contribution < -0.4 is 5.32 Å². The molecule has 1 aromatic carbocycles. The van der Waals surface area contributed by atoms with E-state index in [1.54, 1.807) is 0 Å². The molecule has 1 heterocycles. The number of nitrogens with one attached hydrogen (secondary N) is 1. The predicted octanol–water partition coefficient (Wildman–Crippen LogP) is 4.45. The Labute approximate surface area is 112 Å². The number of aryl methyl sites for hydroxylation is 2. The van der Waals surface area contributed by atoms with E-state index in [1.165, 1.54) is 30.4 Å². The van der Waals surface area contributed by atoms with Crippen LogP contribution in [0.3, 0.4) is 0 Å². The average Bonchev–Trinajstić information content (AvgIpc) is 2.51. The molecule has 1 N–H and O–H groups in total. The first-order valence-corrected chi connectivity index (χ1v) is 7.03. The minimum Gasteiger partial charge on any atom is -0.343 e. The zero-order valence-corrected chi connectivity index (χ0v) is 12.1. The Balaban J connectivity index is 2.20. The van der Waals surface area contributed by atoms with Gasteiger partial charge in [0.1, 0.15) is 5.84 Å². The maximum atomic E-state index is 4.61. The van der Waals surface area contributed by atoms with Crippen molar-refractivity contribution in [3.63, 3.8) is 0 Å². The second-order valence-corrected chi connectivity index (χ2v) is 5.56. The highest BCUT2D eigenvalue weighted by Crippen LogP contribution is 2.28. The zero-order chi connectivity index (χ0) is 12.3. The van der Waals surface area contributed by atoms with E-state index in [1.807, 2.05) is 0 Å². The maximum absolute atomic E-state index is 4.61. The lowest BCUT2D eigenvalue weighted by atomic mass is 10.1. The molecule has 0 atom stereocenters. The van der Waals surface area contributed by atoms with E-state index in [9.17, 15) is 0 Å². The molecule has 2 rings (SSSR count). The summed E-state index contributed by atoms with van der Waals surface area (Å²) in [5, 5.41) is 3.49. The summed E-state index contributed by atoms with van der Waals surface area (Å²) in [6.07, 6.45) is 4.83. The van der Waals surface area contributed by atoms with Crippen molar-refractivity contribution < 1.29 is 0 Å². The van der Waals surface area contributed by atoms with Crippen LogP contribution in [0.2, 0.25) is 0 Å². The van der Waals surface area contributed by atoms with Gasteiger partial charge in [-0.2, -0.15) is 0 Å². The second-order valence-electron chi connectivity index (χ2n) is 4.70. The molecule has 1 aliphatic rings. The first-order chi connectivity index (χ1) is 8.16. The lowest BCUT2D eigenvalue weighted by Crippen LogP contribution is -2.13. The number of halogens is 1. The van der Waals surface area contributed by atoms with Crippen LogP contribution in [0.15, 0.2) is 21.6 Å². The number of aliphatic imine (C=N–C) groups is 1. The molecule has 0 unspecified atom stereocenters. The van der Waals surface area contributed by atoms with E-state index < -0.39 is 0 Å². The Morgan fingerprint density at radius 1 is 1.18 bits per heavy atom. The lowest BCUT2D eigenvalue weighted by molar-refractivity contribution is 0.731. The molecule has 2 nitrogen and oxygen atoms in total. The maximum Gasteiger partial charge on any atom is 0.101 e. The molecule has 0 saturated heterocycles. The summed E-state index contributed by atoms with van der Waals surface area (Å²) in [4.78, 5) is 4.61. The molecular weight excluding hydrogens is 276 g/mol. The van der Waals surface area contributed by atoms with Crippen LogP contribution in [-0.2, 0) is 0 Å². The molecule has 1 aromatic rings. The van der Waals surface area contributed by atoms with Crippen LogP contribution in [-0.4, -0.2) is 12.4 Å². The highest BCUT2D eigenvalue weighted by molar-refractivity contribution is 9.10. The summed E-state index contributed by atoms with van der Waals surface area (Å²) in [7, 11) is 0. The zero-order valence-electron chi connectivity index (χ0n) is 10.5. The van der Waals surface area contributed by atoms with Gasteiger partial charge in [-0.3, -0.25) is 4.99 Å². The standard InChI is InChI=1S/C14H19BrN2/c1-10-8-11(2)14(12(15)9-10)17-13-6-4-3-5-7-16-13/h8-9H,3-7H2,1-2H3,(H,16,17). The van der Waals surface area contributed by atoms with Crippen LogP contribution in [0.1, 0.15) is 36.8 Å². The molecule has 0 aliphatic carbocycles. The molecule has 0 fully saturated rings. The minimum absolute atomic E-state index is 0.963. The molecule has 0 aromatic heterocycles. The van der Waals surface area contributed by atoms with Gasteiger partial charge in [0.15, 0.2) is 0 Å². The first-order valence-electron chi connectivity index (χ1n) is 6.24. The third kappa shape index (κ3) is 3.32. The van der Waals surface area contributed by atoms with Crippen LogP contribution in [0.4, 0.5) is 5.69 Å². The van der Waals surface area contributed by atoms with Gasteiger partial charge in [0, 0.05) is 17.4 Å². The van der Waals surface area contributed by atoms with E-state index in [2.05, 4.69) is 52.2 Å². The smallest absolute Gasteiger partial charge is 0.101 e. The minimum atomic E-state index is 0.963. The van der Waals surface area contributed by atoms with Crippen molar-refractivity contribution in [1.29, 1.82) is 0 Å². The summed E-state index contributed by atoms with van der Waals surface area (Å²) in [6.45, 7) is 5.22. The Morgan fingerprint density at radius 3 is 2.76 bits per heavy atom. The molecular formula is C14H19BrN2. The van der Waals surface area contributed by atoms with Gasteiger partial charge >= 0.3 is 0 Å². The van der Waals surface area contributed by atoms with Gasteiger partial charge in [-0.1, -0.05) is 12.5 Å².